The van der Waals surface area contributed by atoms with Gasteiger partial charge in [-0.1, -0.05) is 0 Å². The van der Waals surface area contributed by atoms with Crippen LogP contribution in [0.4, 0.5) is 17.2 Å². The van der Waals surface area contributed by atoms with E-state index in [9.17, 15) is 25.0 Å². The maximum absolute atomic E-state index is 12.2. The summed E-state index contributed by atoms with van der Waals surface area (Å²) >= 11 is 0. The van der Waals surface area contributed by atoms with Gasteiger partial charge < -0.3 is 15.2 Å². The van der Waals surface area contributed by atoms with Crippen LogP contribution in [0.5, 0.6) is 0 Å². The Hall–Kier alpha value is -4.35. The van der Waals surface area contributed by atoms with Crippen molar-refractivity contribution < 1.29 is 14.6 Å². The van der Waals surface area contributed by atoms with Crippen LogP contribution in [-0.2, 0) is 0 Å². The van der Waals surface area contributed by atoms with E-state index in [1.54, 1.807) is 16.7 Å². The van der Waals surface area contributed by atoms with E-state index in [2.05, 4.69) is 20.8 Å². The van der Waals surface area contributed by atoms with Crippen LogP contribution >= 0.6 is 0 Å². The van der Waals surface area contributed by atoms with Crippen molar-refractivity contribution in [3.8, 4) is 5.82 Å². The highest BCUT2D eigenvalue weighted by atomic mass is 16.6. The molecule has 0 spiro atoms. The number of rotatable bonds is 8. The zero-order valence-electron chi connectivity index (χ0n) is 14.9. The Bertz CT molecular complexity index is 1000. The Balaban J connectivity index is 1.55. The molecule has 3 rings (SSSR count). The number of nitro benzene ring substituents is 2. The summed E-state index contributed by atoms with van der Waals surface area (Å²) in [4.78, 5) is 32.4. The summed E-state index contributed by atoms with van der Waals surface area (Å²) < 4.78 is 1.80. The van der Waals surface area contributed by atoms with Crippen molar-refractivity contribution in [2.75, 3.05) is 18.4 Å². The van der Waals surface area contributed by atoms with Crippen LogP contribution in [0.1, 0.15) is 10.4 Å². The van der Waals surface area contributed by atoms with E-state index < -0.39 is 27.1 Å². The second-order valence-corrected chi connectivity index (χ2v) is 5.80. The molecule has 0 saturated carbocycles. The molecular formula is C17H15N7O5. The van der Waals surface area contributed by atoms with Gasteiger partial charge in [0.05, 0.1) is 21.5 Å². The van der Waals surface area contributed by atoms with E-state index in [-0.39, 0.29) is 12.1 Å². The van der Waals surface area contributed by atoms with Gasteiger partial charge in [-0.2, -0.15) is 0 Å². The maximum Gasteiger partial charge on any atom is 0.277 e. The van der Waals surface area contributed by atoms with Gasteiger partial charge >= 0.3 is 0 Å². The summed E-state index contributed by atoms with van der Waals surface area (Å²) in [5.74, 6) is 0.495. The predicted molar refractivity (Wildman–Crippen MR) is 102 cm³/mol. The summed E-state index contributed by atoms with van der Waals surface area (Å²) in [5, 5.41) is 35.4. The fourth-order valence-electron chi connectivity index (χ4n) is 2.45. The van der Waals surface area contributed by atoms with Gasteiger partial charge in [0.1, 0.15) is 5.82 Å². The lowest BCUT2D eigenvalue weighted by Crippen LogP contribution is -2.29. The highest BCUT2D eigenvalue weighted by Crippen LogP contribution is 2.22. The Morgan fingerprint density at radius 1 is 0.966 bits per heavy atom. The first-order valence-corrected chi connectivity index (χ1v) is 8.37. The van der Waals surface area contributed by atoms with Crippen LogP contribution in [0.2, 0.25) is 0 Å². The molecule has 2 aromatic heterocycles. The van der Waals surface area contributed by atoms with Gasteiger partial charge in [0.25, 0.3) is 17.3 Å². The molecule has 0 bridgehead atoms. The largest absolute Gasteiger partial charge is 0.367 e. The number of aromatic nitrogens is 3. The molecule has 12 heteroatoms. The molecule has 2 heterocycles. The molecule has 3 aromatic rings. The normalized spacial score (nSPS) is 10.3. The fourth-order valence-corrected chi connectivity index (χ4v) is 2.45. The number of benzene rings is 1. The number of hydrogen-bond acceptors (Lipinski definition) is 8. The van der Waals surface area contributed by atoms with Crippen molar-refractivity contribution in [2.24, 2.45) is 0 Å². The summed E-state index contributed by atoms with van der Waals surface area (Å²) in [6.07, 6.45) is 3.68. The highest BCUT2D eigenvalue weighted by Gasteiger charge is 2.19. The SMILES string of the molecule is O=C(NCCNc1ccc(-n2cccc2)nn1)c1cc([N+](=O)[O-])cc([N+](=O)[O-])c1. The van der Waals surface area contributed by atoms with Crippen LogP contribution in [0.3, 0.4) is 0 Å². The minimum absolute atomic E-state index is 0.163. The summed E-state index contributed by atoms with van der Waals surface area (Å²) in [6, 6.07) is 10.0. The van der Waals surface area contributed by atoms with Gasteiger partial charge in [0.2, 0.25) is 0 Å². The van der Waals surface area contributed by atoms with Crippen LogP contribution in [0.15, 0.2) is 54.9 Å². The molecular weight excluding hydrogens is 382 g/mol. The first kappa shape index (κ1) is 19.4. The Morgan fingerprint density at radius 3 is 2.17 bits per heavy atom. The van der Waals surface area contributed by atoms with E-state index in [0.29, 0.717) is 18.2 Å². The Kier molecular flexibility index (Phi) is 5.73. The van der Waals surface area contributed by atoms with E-state index in [0.717, 1.165) is 18.2 Å². The summed E-state index contributed by atoms with van der Waals surface area (Å²) in [6.45, 7) is 0.469. The minimum atomic E-state index is -0.790. The van der Waals surface area contributed by atoms with Gasteiger partial charge in [-0.05, 0) is 24.3 Å². The lowest BCUT2D eigenvalue weighted by atomic mass is 10.1. The van der Waals surface area contributed by atoms with E-state index >= 15 is 0 Å². The number of nitrogens with one attached hydrogen (secondary N) is 2. The molecule has 0 atom stereocenters. The predicted octanol–water partition coefficient (Wildman–Crippen LogP) is 1.93. The second-order valence-electron chi connectivity index (χ2n) is 5.80. The number of anilines is 1. The number of carbonyl (C=O) groups excluding carboxylic acids is 1. The van der Waals surface area contributed by atoms with Gasteiger partial charge in [-0.15, -0.1) is 10.2 Å². The fraction of sp³-hybridized carbons (Fsp3) is 0.118. The van der Waals surface area contributed by atoms with E-state index in [1.165, 1.54) is 0 Å². The first-order valence-electron chi connectivity index (χ1n) is 8.37. The third-order valence-corrected chi connectivity index (χ3v) is 3.82. The molecule has 0 aliphatic heterocycles. The van der Waals surface area contributed by atoms with Crippen molar-refractivity contribution in [1.29, 1.82) is 0 Å². The second kappa shape index (κ2) is 8.56. The quantitative estimate of drug-likeness (QED) is 0.331. The third-order valence-electron chi connectivity index (χ3n) is 3.82. The molecule has 0 unspecified atom stereocenters. The lowest BCUT2D eigenvalue weighted by molar-refractivity contribution is -0.394. The molecule has 0 fully saturated rings. The minimum Gasteiger partial charge on any atom is -0.367 e. The van der Waals surface area contributed by atoms with E-state index in [4.69, 9.17) is 0 Å². The zero-order valence-corrected chi connectivity index (χ0v) is 14.9. The number of hydrogen-bond donors (Lipinski definition) is 2. The topological polar surface area (TPSA) is 158 Å². The number of non-ortho nitro benzene ring substituents is 2. The molecule has 0 aliphatic carbocycles. The third kappa shape index (κ3) is 4.88. The average Bonchev–Trinajstić information content (AvgIpc) is 3.26. The van der Waals surface area contributed by atoms with Crippen molar-refractivity contribution in [1.82, 2.24) is 20.1 Å². The smallest absolute Gasteiger partial charge is 0.277 e. The number of carbonyl (C=O) groups is 1. The van der Waals surface area contributed by atoms with Gasteiger partial charge in [0.15, 0.2) is 5.82 Å². The van der Waals surface area contributed by atoms with Gasteiger partial charge in [-0.25, -0.2) is 0 Å². The summed E-state index contributed by atoms with van der Waals surface area (Å²) in [7, 11) is 0. The van der Waals surface area contributed by atoms with Crippen molar-refractivity contribution in [2.45, 2.75) is 0 Å². The number of nitrogens with zero attached hydrogens (tertiary/aromatic N) is 5. The maximum atomic E-state index is 12.2. The van der Waals surface area contributed by atoms with Crippen LogP contribution < -0.4 is 10.6 Å². The number of nitro groups is 2. The van der Waals surface area contributed by atoms with Crippen LogP contribution in [0.25, 0.3) is 5.82 Å². The van der Waals surface area contributed by atoms with Crippen molar-refractivity contribution in [3.63, 3.8) is 0 Å². The Morgan fingerprint density at radius 2 is 1.62 bits per heavy atom. The average molecular weight is 397 g/mol. The molecule has 148 valence electrons. The van der Waals surface area contributed by atoms with E-state index in [1.807, 2.05) is 24.5 Å². The standard InChI is InChI=1S/C17H15N7O5/c25-17(12-9-13(23(26)27)11-14(10-12)24(28)29)19-6-5-18-15-3-4-16(21-20-15)22-7-1-2-8-22/h1-4,7-11H,5-6H2,(H,18,20)(H,19,25). The number of amides is 1. The van der Waals surface area contributed by atoms with Crippen molar-refractivity contribution in [3.05, 3.63) is 80.7 Å². The molecule has 0 saturated heterocycles. The molecule has 12 nitrogen and oxygen atoms in total. The van der Waals surface area contributed by atoms with Gasteiger partial charge in [-0.3, -0.25) is 25.0 Å². The Labute approximate surface area is 163 Å². The summed E-state index contributed by atoms with van der Waals surface area (Å²) in [5.41, 5.74) is -1.22. The molecule has 0 radical (unpaired) electrons. The molecule has 29 heavy (non-hydrogen) atoms. The van der Waals surface area contributed by atoms with Crippen LogP contribution in [-0.4, -0.2) is 43.6 Å². The monoisotopic (exact) mass is 397 g/mol. The molecule has 1 aromatic carbocycles. The lowest BCUT2D eigenvalue weighted by Gasteiger charge is -2.08. The van der Waals surface area contributed by atoms with Crippen molar-refractivity contribution >= 4 is 23.1 Å². The zero-order chi connectivity index (χ0) is 20.8. The van der Waals surface area contributed by atoms with Crippen LogP contribution in [0, 0.1) is 20.2 Å². The highest BCUT2D eigenvalue weighted by molar-refractivity contribution is 5.95. The molecule has 1 amide bonds. The molecule has 0 aliphatic rings. The molecule has 2 N–H and O–H groups in total. The van der Waals surface area contributed by atoms with Gasteiger partial charge in [0, 0.05) is 37.6 Å². The first-order chi connectivity index (χ1) is 13.9.